The van der Waals surface area contributed by atoms with E-state index in [1.165, 1.54) is 23.3 Å². The third kappa shape index (κ3) is 3.69. The SMILES string of the molecule is Cc1nn(C)cc1S(=O)(=O)n1nc(C)c(-c2cnc3[nH]cc(C(=O)c4c(F)ccc(N)c4F)c3c2)c1C. The summed E-state index contributed by atoms with van der Waals surface area (Å²) in [4.78, 5) is 20.3. The Morgan fingerprint density at radius 3 is 2.51 bits per heavy atom. The maximum absolute atomic E-state index is 14.6. The van der Waals surface area contributed by atoms with Gasteiger partial charge in [-0.3, -0.25) is 9.48 Å². The second kappa shape index (κ2) is 8.34. The van der Waals surface area contributed by atoms with Gasteiger partial charge in [-0.25, -0.2) is 13.8 Å². The van der Waals surface area contributed by atoms with Crippen LogP contribution in [0.2, 0.25) is 0 Å². The van der Waals surface area contributed by atoms with Crippen LogP contribution in [0.15, 0.2) is 41.7 Å². The minimum Gasteiger partial charge on any atom is -0.396 e. The number of pyridine rings is 1. The van der Waals surface area contributed by atoms with E-state index in [-0.39, 0.29) is 16.1 Å². The summed E-state index contributed by atoms with van der Waals surface area (Å²) in [7, 11) is -2.42. The Labute approximate surface area is 209 Å². The number of carbonyl (C=O) groups excluding carboxylic acids is 1. The molecule has 0 fully saturated rings. The topological polar surface area (TPSA) is 142 Å². The van der Waals surface area contributed by atoms with E-state index in [0.717, 1.165) is 16.2 Å². The standard InChI is InChI=1S/C24H21F2N7O3S/c1-11-19(10-32(4)30-11)37(35,36)33-13(3)20(12(2)31-33)14-7-15-16(9-29-24(15)28-8-14)23(34)21-17(25)5-6-18(27)22(21)26/h5-10H,27H2,1-4H3,(H,28,29). The lowest BCUT2D eigenvalue weighted by atomic mass is 9.99. The lowest BCUT2D eigenvalue weighted by Crippen LogP contribution is -2.16. The number of rotatable bonds is 5. The molecular formula is C24H21F2N7O3S. The van der Waals surface area contributed by atoms with Gasteiger partial charge in [-0.05, 0) is 39.0 Å². The number of nitrogens with zero attached hydrogens (tertiary/aromatic N) is 5. The van der Waals surface area contributed by atoms with Gasteiger partial charge in [0, 0.05) is 47.7 Å². The number of hydrogen-bond donors (Lipinski definition) is 2. The van der Waals surface area contributed by atoms with Crippen molar-refractivity contribution in [2.75, 3.05) is 5.73 Å². The van der Waals surface area contributed by atoms with Crippen LogP contribution in [0.1, 0.15) is 33.0 Å². The number of benzene rings is 1. The third-order valence-electron chi connectivity index (χ3n) is 6.14. The Kier molecular flexibility index (Phi) is 5.48. The summed E-state index contributed by atoms with van der Waals surface area (Å²) < 4.78 is 58.0. The zero-order valence-electron chi connectivity index (χ0n) is 20.2. The average Bonchev–Trinajstić information content (AvgIpc) is 3.50. The first-order chi connectivity index (χ1) is 17.4. The summed E-state index contributed by atoms with van der Waals surface area (Å²) in [5.41, 5.74) is 6.70. The van der Waals surface area contributed by atoms with Crippen molar-refractivity contribution in [2.45, 2.75) is 25.7 Å². The molecule has 10 nitrogen and oxygen atoms in total. The first-order valence-corrected chi connectivity index (χ1v) is 12.4. The van der Waals surface area contributed by atoms with E-state index in [9.17, 15) is 22.0 Å². The maximum atomic E-state index is 14.6. The smallest absolute Gasteiger partial charge is 0.286 e. The number of hydrogen-bond acceptors (Lipinski definition) is 7. The van der Waals surface area contributed by atoms with Crippen LogP contribution >= 0.6 is 0 Å². The molecule has 3 N–H and O–H groups in total. The van der Waals surface area contributed by atoms with Crippen molar-refractivity contribution < 1.29 is 22.0 Å². The highest BCUT2D eigenvalue weighted by atomic mass is 32.2. The normalized spacial score (nSPS) is 11.9. The van der Waals surface area contributed by atoms with Gasteiger partial charge < -0.3 is 10.7 Å². The minimum atomic E-state index is -4.05. The molecule has 4 aromatic heterocycles. The quantitative estimate of drug-likeness (QED) is 0.265. The van der Waals surface area contributed by atoms with Crippen LogP contribution < -0.4 is 5.73 Å². The van der Waals surface area contributed by atoms with Crippen LogP contribution in [0.25, 0.3) is 22.2 Å². The van der Waals surface area contributed by atoms with Crippen LogP contribution in [0.5, 0.6) is 0 Å². The van der Waals surface area contributed by atoms with Crippen molar-refractivity contribution >= 4 is 32.5 Å². The highest BCUT2D eigenvalue weighted by Gasteiger charge is 2.28. The number of carbonyl (C=O) groups is 1. The van der Waals surface area contributed by atoms with Crippen molar-refractivity contribution in [3.05, 3.63) is 76.6 Å². The molecular weight excluding hydrogens is 504 g/mol. The van der Waals surface area contributed by atoms with Gasteiger partial charge in [0.05, 0.1) is 28.3 Å². The Hall–Kier alpha value is -4.39. The highest BCUT2D eigenvalue weighted by Crippen LogP contribution is 2.33. The van der Waals surface area contributed by atoms with Gasteiger partial charge >= 0.3 is 0 Å². The molecule has 0 amide bonds. The zero-order chi connectivity index (χ0) is 26.8. The summed E-state index contributed by atoms with van der Waals surface area (Å²) in [6.45, 7) is 4.84. The van der Waals surface area contributed by atoms with Gasteiger partial charge in [0.25, 0.3) is 10.0 Å². The number of H-pyrrole nitrogens is 1. The fourth-order valence-corrected chi connectivity index (χ4v) is 6.00. The predicted octanol–water partition coefficient (Wildman–Crippen LogP) is 3.41. The molecule has 0 spiro atoms. The third-order valence-corrected chi connectivity index (χ3v) is 7.91. The lowest BCUT2D eigenvalue weighted by molar-refractivity contribution is 0.103. The molecule has 0 aliphatic heterocycles. The van der Waals surface area contributed by atoms with E-state index < -0.39 is 33.0 Å². The summed E-state index contributed by atoms with van der Waals surface area (Å²) in [6, 6.07) is 3.56. The molecule has 0 aliphatic rings. The van der Waals surface area contributed by atoms with E-state index in [1.54, 1.807) is 33.9 Å². The second-order valence-electron chi connectivity index (χ2n) is 8.62. The molecule has 0 radical (unpaired) electrons. The van der Waals surface area contributed by atoms with Gasteiger partial charge in [0.1, 0.15) is 16.4 Å². The van der Waals surface area contributed by atoms with E-state index in [2.05, 4.69) is 20.2 Å². The van der Waals surface area contributed by atoms with E-state index in [1.807, 2.05) is 0 Å². The number of aromatic nitrogens is 6. The predicted molar refractivity (Wildman–Crippen MR) is 132 cm³/mol. The average molecular weight is 526 g/mol. The number of anilines is 1. The number of halogens is 2. The largest absolute Gasteiger partial charge is 0.396 e. The van der Waals surface area contributed by atoms with Crippen molar-refractivity contribution in [3.63, 3.8) is 0 Å². The molecule has 1 aromatic carbocycles. The van der Waals surface area contributed by atoms with Crippen molar-refractivity contribution in [3.8, 4) is 11.1 Å². The molecule has 5 rings (SSSR count). The number of nitrogens with one attached hydrogen (secondary N) is 1. The molecule has 13 heteroatoms. The molecule has 0 saturated heterocycles. The summed E-state index contributed by atoms with van der Waals surface area (Å²) in [5, 5.41) is 8.67. The number of fused-ring (bicyclic) bond motifs is 1. The Balaban J connectivity index is 1.65. The Morgan fingerprint density at radius 2 is 1.84 bits per heavy atom. The first-order valence-electron chi connectivity index (χ1n) is 11.0. The fourth-order valence-electron chi connectivity index (χ4n) is 4.43. The number of aryl methyl sites for hydroxylation is 3. The van der Waals surface area contributed by atoms with Gasteiger partial charge in [-0.15, -0.1) is 0 Å². The van der Waals surface area contributed by atoms with E-state index >= 15 is 0 Å². The monoisotopic (exact) mass is 525 g/mol. The van der Waals surface area contributed by atoms with Crippen LogP contribution in [-0.4, -0.2) is 43.1 Å². The summed E-state index contributed by atoms with van der Waals surface area (Å²) in [5.74, 6) is -3.10. The van der Waals surface area contributed by atoms with E-state index in [4.69, 9.17) is 5.73 Å². The number of aromatic amines is 1. The minimum absolute atomic E-state index is 0.0189. The van der Waals surface area contributed by atoms with Crippen molar-refractivity contribution in [1.29, 1.82) is 0 Å². The molecule has 4 heterocycles. The fraction of sp³-hybridized carbons (Fsp3) is 0.167. The molecule has 0 saturated carbocycles. The van der Waals surface area contributed by atoms with Crippen LogP contribution in [0.3, 0.4) is 0 Å². The Morgan fingerprint density at radius 1 is 1.11 bits per heavy atom. The van der Waals surface area contributed by atoms with E-state index in [0.29, 0.717) is 39.2 Å². The van der Waals surface area contributed by atoms with Crippen LogP contribution in [0, 0.1) is 32.4 Å². The van der Waals surface area contributed by atoms with Gasteiger partial charge in [-0.1, -0.05) is 0 Å². The first kappa shape index (κ1) is 24.3. The van der Waals surface area contributed by atoms with Crippen LogP contribution in [0.4, 0.5) is 14.5 Å². The summed E-state index contributed by atoms with van der Waals surface area (Å²) in [6.07, 6.45) is 4.21. The van der Waals surface area contributed by atoms with Crippen molar-refractivity contribution in [2.24, 2.45) is 7.05 Å². The van der Waals surface area contributed by atoms with Gasteiger partial charge in [0.2, 0.25) is 5.78 Å². The molecule has 0 unspecified atom stereocenters. The molecule has 0 bridgehead atoms. The molecule has 0 aliphatic carbocycles. The van der Waals surface area contributed by atoms with Gasteiger partial charge in [0.15, 0.2) is 5.82 Å². The zero-order valence-corrected chi connectivity index (χ0v) is 21.0. The summed E-state index contributed by atoms with van der Waals surface area (Å²) >= 11 is 0. The number of nitrogens with two attached hydrogens (primary N) is 1. The van der Waals surface area contributed by atoms with Crippen LogP contribution in [-0.2, 0) is 17.1 Å². The lowest BCUT2D eigenvalue weighted by Gasteiger charge is -2.07. The molecule has 190 valence electrons. The number of nitrogen functional groups attached to an aromatic ring is 1. The van der Waals surface area contributed by atoms with Gasteiger partial charge in [-0.2, -0.15) is 22.7 Å². The molecule has 5 aromatic rings. The number of ketones is 1. The molecule has 0 atom stereocenters. The Bertz CT molecular complexity index is 1850. The molecule has 37 heavy (non-hydrogen) atoms. The highest BCUT2D eigenvalue weighted by molar-refractivity contribution is 7.90. The van der Waals surface area contributed by atoms with Crippen molar-refractivity contribution in [1.82, 2.24) is 28.9 Å². The maximum Gasteiger partial charge on any atom is 0.286 e. The second-order valence-corrected chi connectivity index (χ2v) is 10.4.